The molecule has 1 saturated heterocycles. The summed E-state index contributed by atoms with van der Waals surface area (Å²) >= 11 is 0. The Balaban J connectivity index is 1.68. The number of amides is 1. The molecule has 3 rings (SSSR count). The lowest BCUT2D eigenvalue weighted by Gasteiger charge is -2.26. The van der Waals surface area contributed by atoms with Gasteiger partial charge in [0.2, 0.25) is 15.9 Å². The fourth-order valence-electron chi connectivity index (χ4n) is 3.02. The second kappa shape index (κ2) is 9.25. The van der Waals surface area contributed by atoms with E-state index in [9.17, 15) is 26.4 Å². The first-order valence-corrected chi connectivity index (χ1v) is 10.9. The number of rotatable bonds is 6. The number of ether oxygens (including phenoxy) is 1. The van der Waals surface area contributed by atoms with Gasteiger partial charge in [-0.25, -0.2) is 8.42 Å². The van der Waals surface area contributed by atoms with Crippen LogP contribution in [-0.2, 0) is 25.7 Å². The number of halogens is 3. The van der Waals surface area contributed by atoms with Crippen molar-refractivity contribution in [3.8, 4) is 0 Å². The zero-order valence-corrected chi connectivity index (χ0v) is 17.5. The lowest BCUT2D eigenvalue weighted by atomic mass is 10.1. The molecule has 0 bridgehead atoms. The number of alkyl halides is 3. The molecule has 0 radical (unpaired) electrons. The summed E-state index contributed by atoms with van der Waals surface area (Å²) in [7, 11) is -3.73. The van der Waals surface area contributed by atoms with Crippen molar-refractivity contribution in [2.45, 2.75) is 24.0 Å². The standard InChI is InChI=1S/C20H22F3N3O4S/c1-14(24-16-5-2-4-15(12-16)20(21,22)23)19(27)25-17-6-3-7-18(13-17)31(28,29)26-8-10-30-11-9-26/h2-7,12-14,24H,8-11H2,1H3,(H,25,27)/t14-/m1/s1. The lowest BCUT2D eigenvalue weighted by molar-refractivity contribution is -0.137. The highest BCUT2D eigenvalue weighted by molar-refractivity contribution is 7.89. The van der Waals surface area contributed by atoms with Gasteiger partial charge in [0.1, 0.15) is 6.04 Å². The molecule has 1 atom stereocenters. The highest BCUT2D eigenvalue weighted by Gasteiger charge is 2.30. The molecule has 0 unspecified atom stereocenters. The second-order valence-corrected chi connectivity index (χ2v) is 8.92. The van der Waals surface area contributed by atoms with Gasteiger partial charge in [-0.2, -0.15) is 17.5 Å². The zero-order chi connectivity index (χ0) is 22.6. The molecule has 31 heavy (non-hydrogen) atoms. The van der Waals surface area contributed by atoms with E-state index in [4.69, 9.17) is 4.74 Å². The van der Waals surface area contributed by atoms with Crippen LogP contribution in [0.25, 0.3) is 0 Å². The van der Waals surface area contributed by atoms with Gasteiger partial charge in [0.25, 0.3) is 0 Å². The van der Waals surface area contributed by atoms with Crippen LogP contribution in [-0.4, -0.2) is 51.0 Å². The van der Waals surface area contributed by atoms with Crippen LogP contribution in [0.3, 0.4) is 0 Å². The van der Waals surface area contributed by atoms with E-state index in [1.807, 2.05) is 0 Å². The molecule has 1 fully saturated rings. The highest BCUT2D eigenvalue weighted by atomic mass is 32.2. The quantitative estimate of drug-likeness (QED) is 0.696. The lowest BCUT2D eigenvalue weighted by Crippen LogP contribution is -2.40. The van der Waals surface area contributed by atoms with Gasteiger partial charge in [0.15, 0.2) is 0 Å². The SMILES string of the molecule is C[C@@H](Nc1cccc(C(F)(F)F)c1)C(=O)Nc1cccc(S(=O)(=O)N2CCOCC2)c1. The Hall–Kier alpha value is -2.63. The first kappa shape index (κ1) is 23.0. The van der Waals surface area contributed by atoms with Crippen molar-refractivity contribution >= 4 is 27.3 Å². The number of sulfonamides is 1. The van der Waals surface area contributed by atoms with Crippen molar-refractivity contribution in [1.82, 2.24) is 4.31 Å². The summed E-state index contributed by atoms with van der Waals surface area (Å²) in [4.78, 5) is 12.5. The van der Waals surface area contributed by atoms with E-state index in [1.54, 1.807) is 0 Å². The molecule has 11 heteroatoms. The summed E-state index contributed by atoms with van der Waals surface area (Å²) < 4.78 is 70.6. The van der Waals surface area contributed by atoms with Crippen LogP contribution in [0.1, 0.15) is 12.5 Å². The first-order chi connectivity index (χ1) is 14.6. The van der Waals surface area contributed by atoms with Crippen LogP contribution in [0, 0.1) is 0 Å². The van der Waals surface area contributed by atoms with E-state index < -0.39 is 33.7 Å². The summed E-state index contributed by atoms with van der Waals surface area (Å²) in [5.74, 6) is -0.529. The van der Waals surface area contributed by atoms with Gasteiger partial charge in [0.05, 0.1) is 23.7 Å². The van der Waals surface area contributed by atoms with Gasteiger partial charge >= 0.3 is 6.18 Å². The molecular formula is C20H22F3N3O4S. The minimum atomic E-state index is -4.49. The zero-order valence-electron chi connectivity index (χ0n) is 16.6. The average molecular weight is 457 g/mol. The summed E-state index contributed by atoms with van der Waals surface area (Å²) in [5.41, 5.74) is -0.427. The second-order valence-electron chi connectivity index (χ2n) is 6.98. The van der Waals surface area contributed by atoms with Crippen LogP contribution in [0.4, 0.5) is 24.5 Å². The number of benzene rings is 2. The Morgan fingerprint density at radius 2 is 1.71 bits per heavy atom. The van der Waals surface area contributed by atoms with Gasteiger partial charge in [-0.15, -0.1) is 0 Å². The smallest absolute Gasteiger partial charge is 0.379 e. The number of carbonyl (C=O) groups is 1. The Morgan fingerprint density at radius 1 is 1.06 bits per heavy atom. The molecule has 1 aliphatic rings. The van der Waals surface area contributed by atoms with Gasteiger partial charge in [0, 0.05) is 24.5 Å². The number of nitrogens with one attached hydrogen (secondary N) is 2. The van der Waals surface area contributed by atoms with Gasteiger partial charge in [-0.3, -0.25) is 4.79 Å². The van der Waals surface area contributed by atoms with Crippen LogP contribution >= 0.6 is 0 Å². The maximum atomic E-state index is 12.9. The Labute approximate surface area is 178 Å². The topological polar surface area (TPSA) is 87.7 Å². The van der Waals surface area contributed by atoms with E-state index in [0.29, 0.717) is 13.2 Å². The molecule has 0 aromatic heterocycles. The maximum absolute atomic E-state index is 12.9. The molecule has 2 aromatic carbocycles. The normalized spacial score (nSPS) is 16.5. The van der Waals surface area contributed by atoms with Crippen molar-refractivity contribution in [2.75, 3.05) is 36.9 Å². The molecule has 2 N–H and O–H groups in total. The number of morpholine rings is 1. The predicted molar refractivity (Wildman–Crippen MR) is 109 cm³/mol. The van der Waals surface area contributed by atoms with E-state index >= 15 is 0 Å². The molecular weight excluding hydrogens is 435 g/mol. The molecule has 0 aliphatic carbocycles. The average Bonchev–Trinajstić information content (AvgIpc) is 2.74. The minimum absolute atomic E-state index is 0.0330. The molecule has 1 amide bonds. The third kappa shape index (κ3) is 5.75. The van der Waals surface area contributed by atoms with Gasteiger partial charge < -0.3 is 15.4 Å². The van der Waals surface area contributed by atoms with Gasteiger partial charge in [-0.05, 0) is 43.3 Å². The van der Waals surface area contributed by atoms with E-state index in [2.05, 4.69) is 10.6 Å². The summed E-state index contributed by atoms with van der Waals surface area (Å²) in [6.07, 6.45) is -4.49. The van der Waals surface area contributed by atoms with E-state index in [1.165, 1.54) is 47.6 Å². The minimum Gasteiger partial charge on any atom is -0.379 e. The van der Waals surface area contributed by atoms with E-state index in [-0.39, 0.29) is 29.4 Å². The van der Waals surface area contributed by atoms with Crippen molar-refractivity contribution in [1.29, 1.82) is 0 Å². The maximum Gasteiger partial charge on any atom is 0.416 e. The van der Waals surface area contributed by atoms with Crippen molar-refractivity contribution in [2.24, 2.45) is 0 Å². The Morgan fingerprint density at radius 3 is 2.39 bits per heavy atom. The summed E-state index contributed by atoms with van der Waals surface area (Å²) in [6.45, 7) is 2.61. The molecule has 1 heterocycles. The summed E-state index contributed by atoms with van der Waals surface area (Å²) in [6, 6.07) is 9.48. The van der Waals surface area contributed by atoms with Crippen LogP contribution in [0.2, 0.25) is 0 Å². The third-order valence-corrected chi connectivity index (χ3v) is 6.57. The first-order valence-electron chi connectivity index (χ1n) is 9.50. The number of carbonyl (C=O) groups excluding carboxylic acids is 1. The molecule has 168 valence electrons. The number of hydrogen-bond acceptors (Lipinski definition) is 5. The number of anilines is 2. The largest absolute Gasteiger partial charge is 0.416 e. The Bertz CT molecular complexity index is 1040. The molecule has 2 aromatic rings. The number of hydrogen-bond donors (Lipinski definition) is 2. The third-order valence-electron chi connectivity index (χ3n) is 4.68. The van der Waals surface area contributed by atoms with Crippen LogP contribution in [0.15, 0.2) is 53.4 Å². The Kier molecular flexibility index (Phi) is 6.87. The highest BCUT2D eigenvalue weighted by Crippen LogP contribution is 2.30. The predicted octanol–water partition coefficient (Wildman–Crippen LogP) is 3.17. The van der Waals surface area contributed by atoms with Crippen LogP contribution < -0.4 is 10.6 Å². The van der Waals surface area contributed by atoms with Crippen LogP contribution in [0.5, 0.6) is 0 Å². The summed E-state index contributed by atoms with van der Waals surface area (Å²) in [5, 5.41) is 5.31. The van der Waals surface area contributed by atoms with Crippen molar-refractivity contribution < 1.29 is 31.1 Å². The van der Waals surface area contributed by atoms with Crippen molar-refractivity contribution in [3.05, 3.63) is 54.1 Å². The fraction of sp³-hybridized carbons (Fsp3) is 0.350. The monoisotopic (exact) mass is 457 g/mol. The molecule has 7 nitrogen and oxygen atoms in total. The van der Waals surface area contributed by atoms with E-state index in [0.717, 1.165) is 12.1 Å². The van der Waals surface area contributed by atoms with Crippen molar-refractivity contribution in [3.63, 3.8) is 0 Å². The molecule has 0 saturated carbocycles. The number of nitrogens with zero attached hydrogens (tertiary/aromatic N) is 1. The van der Waals surface area contributed by atoms with Gasteiger partial charge in [-0.1, -0.05) is 12.1 Å². The fourth-order valence-corrected chi connectivity index (χ4v) is 4.48. The molecule has 0 spiro atoms. The molecule has 1 aliphatic heterocycles.